The van der Waals surface area contributed by atoms with Crippen LogP contribution in [0.2, 0.25) is 0 Å². The lowest BCUT2D eigenvalue weighted by Gasteiger charge is -2.37. The van der Waals surface area contributed by atoms with Gasteiger partial charge in [-0.05, 0) is 49.6 Å². The third-order valence-electron chi connectivity index (χ3n) is 6.64. The number of benzene rings is 1. The number of aromatic nitrogens is 1. The van der Waals surface area contributed by atoms with E-state index in [9.17, 15) is 9.59 Å². The van der Waals surface area contributed by atoms with E-state index >= 15 is 0 Å². The predicted molar refractivity (Wildman–Crippen MR) is 116 cm³/mol. The van der Waals surface area contributed by atoms with Gasteiger partial charge in [-0.25, -0.2) is 0 Å². The molecule has 158 valence electrons. The van der Waals surface area contributed by atoms with E-state index in [4.69, 9.17) is 4.74 Å². The van der Waals surface area contributed by atoms with Crippen LogP contribution in [0.4, 0.5) is 5.69 Å². The second-order valence-corrected chi connectivity index (χ2v) is 8.59. The highest BCUT2D eigenvalue weighted by Gasteiger charge is 2.51. The number of anilines is 1. The summed E-state index contributed by atoms with van der Waals surface area (Å²) < 4.78 is 5.43. The molecule has 1 unspecified atom stereocenters. The van der Waals surface area contributed by atoms with Crippen molar-refractivity contribution in [2.75, 3.05) is 25.5 Å². The highest BCUT2D eigenvalue weighted by molar-refractivity contribution is 5.98. The fourth-order valence-electron chi connectivity index (χ4n) is 5.06. The number of aryl methyl sites for hydroxylation is 1. The molecule has 2 aromatic rings. The van der Waals surface area contributed by atoms with Gasteiger partial charge in [0.15, 0.2) is 0 Å². The van der Waals surface area contributed by atoms with Crippen molar-refractivity contribution in [3.8, 4) is 5.75 Å². The summed E-state index contributed by atoms with van der Waals surface area (Å²) in [5.74, 6) is 0.375. The van der Waals surface area contributed by atoms with E-state index in [-0.39, 0.29) is 23.1 Å². The Kier molecular flexibility index (Phi) is 5.75. The maximum atomic E-state index is 13.5. The van der Waals surface area contributed by atoms with Crippen molar-refractivity contribution in [1.29, 1.82) is 0 Å². The average molecular weight is 408 g/mol. The fraction of sp³-hybridized carbons (Fsp3) is 0.458. The number of carbonyl (C=O) groups excluding carboxylic acids is 2. The van der Waals surface area contributed by atoms with Crippen LogP contribution in [0.25, 0.3) is 0 Å². The molecule has 1 aromatic heterocycles. The number of likely N-dealkylation sites (tertiary alicyclic amines) is 1. The number of carbonyl (C=O) groups is 2. The molecule has 2 aliphatic rings. The maximum Gasteiger partial charge on any atom is 0.254 e. The molecule has 4 rings (SSSR count). The number of hydrogen-bond donors (Lipinski definition) is 1. The molecule has 6 heteroatoms. The van der Waals surface area contributed by atoms with E-state index in [2.05, 4.69) is 10.3 Å². The van der Waals surface area contributed by atoms with E-state index in [0.29, 0.717) is 30.1 Å². The molecule has 2 fully saturated rings. The summed E-state index contributed by atoms with van der Waals surface area (Å²) in [5.41, 5.74) is 2.21. The van der Waals surface area contributed by atoms with E-state index < -0.39 is 0 Å². The molecule has 2 heterocycles. The van der Waals surface area contributed by atoms with Crippen LogP contribution in [0.1, 0.15) is 48.0 Å². The third kappa shape index (κ3) is 3.91. The van der Waals surface area contributed by atoms with Crippen molar-refractivity contribution in [2.24, 2.45) is 11.3 Å². The molecule has 1 saturated carbocycles. The van der Waals surface area contributed by atoms with Gasteiger partial charge in [-0.2, -0.15) is 0 Å². The second-order valence-electron chi connectivity index (χ2n) is 8.59. The first kappa shape index (κ1) is 20.4. The summed E-state index contributed by atoms with van der Waals surface area (Å²) in [6.07, 6.45) is 8.64. The first-order valence-electron chi connectivity index (χ1n) is 10.7. The quantitative estimate of drug-likeness (QED) is 0.830. The van der Waals surface area contributed by atoms with Gasteiger partial charge in [0.1, 0.15) is 5.75 Å². The lowest BCUT2D eigenvalue weighted by Crippen LogP contribution is -2.39. The molecule has 0 radical (unpaired) electrons. The summed E-state index contributed by atoms with van der Waals surface area (Å²) in [4.78, 5) is 32.4. The van der Waals surface area contributed by atoms with Gasteiger partial charge in [-0.3, -0.25) is 14.6 Å². The topological polar surface area (TPSA) is 71.5 Å². The summed E-state index contributed by atoms with van der Waals surface area (Å²) in [5, 5.41) is 3.10. The van der Waals surface area contributed by atoms with Crippen LogP contribution in [0.15, 0.2) is 42.7 Å². The minimum atomic E-state index is -0.228. The van der Waals surface area contributed by atoms with Crippen LogP contribution in [-0.2, 0) is 4.79 Å². The van der Waals surface area contributed by atoms with Crippen LogP contribution < -0.4 is 10.1 Å². The molecular weight excluding hydrogens is 378 g/mol. The first-order valence-corrected chi connectivity index (χ1v) is 10.7. The number of methoxy groups -OCH3 is 1. The zero-order chi connectivity index (χ0) is 21.1. The largest absolute Gasteiger partial charge is 0.495 e. The number of pyridine rings is 1. The Bertz CT molecular complexity index is 923. The minimum Gasteiger partial charge on any atom is -0.495 e. The highest BCUT2D eigenvalue weighted by Crippen LogP contribution is 2.48. The maximum absolute atomic E-state index is 13.5. The van der Waals surface area contributed by atoms with Gasteiger partial charge in [0.25, 0.3) is 5.91 Å². The normalized spacial score (nSPS) is 20.2. The molecule has 2 amide bonds. The number of hydrogen-bond acceptors (Lipinski definition) is 4. The lowest BCUT2D eigenvalue weighted by atomic mass is 9.67. The fourth-order valence-corrected chi connectivity index (χ4v) is 5.06. The zero-order valence-electron chi connectivity index (χ0n) is 17.7. The Labute approximate surface area is 177 Å². The van der Waals surface area contributed by atoms with Crippen molar-refractivity contribution in [2.45, 2.75) is 39.0 Å². The Balaban J connectivity index is 1.59. The highest BCUT2D eigenvalue weighted by atomic mass is 16.5. The van der Waals surface area contributed by atoms with Crippen molar-refractivity contribution >= 4 is 17.5 Å². The molecule has 1 aliphatic heterocycles. The molecule has 30 heavy (non-hydrogen) atoms. The van der Waals surface area contributed by atoms with Gasteiger partial charge in [0.05, 0.1) is 18.7 Å². The van der Waals surface area contributed by atoms with Gasteiger partial charge in [0.2, 0.25) is 5.91 Å². The molecule has 1 aromatic carbocycles. The Hall–Kier alpha value is -2.89. The first-order chi connectivity index (χ1) is 14.5. The van der Waals surface area contributed by atoms with Crippen molar-refractivity contribution in [3.05, 3.63) is 53.9 Å². The number of nitrogens with zero attached hydrogens (tertiary/aromatic N) is 2. The molecule has 1 spiro atoms. The third-order valence-corrected chi connectivity index (χ3v) is 6.64. The van der Waals surface area contributed by atoms with Gasteiger partial charge < -0.3 is 15.0 Å². The number of amides is 2. The Morgan fingerprint density at radius 3 is 2.57 bits per heavy atom. The second kappa shape index (κ2) is 8.46. The molecule has 1 aliphatic carbocycles. The van der Waals surface area contributed by atoms with Crippen molar-refractivity contribution in [1.82, 2.24) is 9.88 Å². The van der Waals surface area contributed by atoms with Crippen molar-refractivity contribution < 1.29 is 14.3 Å². The molecule has 6 nitrogen and oxygen atoms in total. The van der Waals surface area contributed by atoms with Crippen LogP contribution in [0.3, 0.4) is 0 Å². The van der Waals surface area contributed by atoms with Gasteiger partial charge in [-0.1, -0.05) is 25.3 Å². The van der Waals surface area contributed by atoms with E-state index in [1.54, 1.807) is 31.6 Å². The standard InChI is InChI=1S/C24H29N3O3/c1-17-6-7-21(30-2)20(14-17)26-22(28)19-15-27(16-24(19)10-4-3-5-11-24)23(29)18-8-12-25-13-9-18/h6-9,12-14,19H,3-5,10-11,15-16H2,1-2H3,(H,26,28). The molecule has 1 saturated heterocycles. The van der Waals surface area contributed by atoms with E-state index in [0.717, 1.165) is 31.2 Å². The summed E-state index contributed by atoms with van der Waals surface area (Å²) in [6.45, 7) is 3.07. The average Bonchev–Trinajstić information content (AvgIpc) is 3.13. The van der Waals surface area contributed by atoms with Gasteiger partial charge in [0, 0.05) is 36.5 Å². The van der Waals surface area contributed by atoms with Crippen LogP contribution in [-0.4, -0.2) is 41.9 Å². The number of nitrogens with one attached hydrogen (secondary N) is 1. The van der Waals surface area contributed by atoms with Crippen molar-refractivity contribution in [3.63, 3.8) is 0 Å². The van der Waals surface area contributed by atoms with Crippen LogP contribution >= 0.6 is 0 Å². The molecule has 1 atom stereocenters. The summed E-state index contributed by atoms with van der Waals surface area (Å²) >= 11 is 0. The number of rotatable bonds is 4. The Morgan fingerprint density at radius 1 is 1.13 bits per heavy atom. The lowest BCUT2D eigenvalue weighted by molar-refractivity contribution is -0.123. The number of ether oxygens (including phenoxy) is 1. The monoisotopic (exact) mass is 407 g/mol. The minimum absolute atomic E-state index is 0.0224. The smallest absolute Gasteiger partial charge is 0.254 e. The molecule has 1 N–H and O–H groups in total. The summed E-state index contributed by atoms with van der Waals surface area (Å²) in [6, 6.07) is 9.23. The van der Waals surface area contributed by atoms with Crippen LogP contribution in [0.5, 0.6) is 5.75 Å². The zero-order valence-corrected chi connectivity index (χ0v) is 17.7. The molecular formula is C24H29N3O3. The van der Waals surface area contributed by atoms with Crippen LogP contribution in [0, 0.1) is 18.3 Å². The predicted octanol–water partition coefficient (Wildman–Crippen LogP) is 4.06. The van der Waals surface area contributed by atoms with Gasteiger partial charge >= 0.3 is 0 Å². The van der Waals surface area contributed by atoms with E-state index in [1.165, 1.54) is 6.42 Å². The van der Waals surface area contributed by atoms with Gasteiger partial charge in [-0.15, -0.1) is 0 Å². The Morgan fingerprint density at radius 2 is 1.87 bits per heavy atom. The SMILES string of the molecule is COc1ccc(C)cc1NC(=O)C1CN(C(=O)c2ccncc2)CC12CCCCC2. The summed E-state index contributed by atoms with van der Waals surface area (Å²) in [7, 11) is 1.60. The molecule has 0 bridgehead atoms. The van der Waals surface area contributed by atoms with E-state index in [1.807, 2.05) is 30.0 Å².